The number of allylic oxidation sites excluding steroid dienone is 2. The second kappa shape index (κ2) is 7.97. The fraction of sp³-hybridized carbons (Fsp3) is 0.667. The van der Waals surface area contributed by atoms with E-state index in [0.717, 1.165) is 43.5 Å². The van der Waals surface area contributed by atoms with Crippen molar-refractivity contribution in [3.63, 3.8) is 0 Å². The predicted molar refractivity (Wildman–Crippen MR) is 107 cm³/mol. The van der Waals surface area contributed by atoms with E-state index in [0.29, 0.717) is 12.4 Å². The number of carbonyl (C=O) groups excluding carboxylic acids is 2. The molecule has 0 radical (unpaired) electrons. The number of likely N-dealkylation sites (tertiary alicyclic amines) is 1. The van der Waals surface area contributed by atoms with Gasteiger partial charge in [-0.05, 0) is 62.8 Å². The molecule has 3 aliphatic rings. The number of rotatable bonds is 5. The Labute approximate surface area is 162 Å². The lowest BCUT2D eigenvalue weighted by Crippen LogP contribution is -2.60. The van der Waals surface area contributed by atoms with Crippen LogP contribution in [0.1, 0.15) is 47.0 Å². The topological polar surface area (TPSA) is 65.0 Å². The Kier molecular flexibility index (Phi) is 5.84. The Balaban J connectivity index is 1.54. The van der Waals surface area contributed by atoms with Crippen LogP contribution < -0.4 is 5.32 Å². The maximum atomic E-state index is 12.9. The number of carbonyl (C=O) groups is 2. The van der Waals surface area contributed by atoms with Gasteiger partial charge in [0, 0.05) is 25.8 Å². The van der Waals surface area contributed by atoms with Gasteiger partial charge in [0.05, 0.1) is 6.42 Å². The summed E-state index contributed by atoms with van der Waals surface area (Å²) in [5.41, 5.74) is 0.100. The van der Waals surface area contributed by atoms with Crippen LogP contribution in [-0.2, 0) is 9.59 Å². The Morgan fingerprint density at radius 1 is 1.33 bits per heavy atom. The van der Waals surface area contributed by atoms with E-state index in [2.05, 4.69) is 29.1 Å². The fourth-order valence-electron chi connectivity index (χ4n) is 4.50. The van der Waals surface area contributed by atoms with Gasteiger partial charge in [0.15, 0.2) is 0 Å². The molecule has 0 aromatic heterocycles. The van der Waals surface area contributed by atoms with E-state index >= 15 is 0 Å². The smallest absolute Gasteiger partial charge is 0.250 e. The van der Waals surface area contributed by atoms with Gasteiger partial charge < -0.3 is 15.1 Å². The second-order valence-electron chi connectivity index (χ2n) is 8.70. The lowest BCUT2D eigenvalue weighted by molar-refractivity contribution is -0.134. The molecule has 3 unspecified atom stereocenters. The van der Waals surface area contributed by atoms with Gasteiger partial charge in [0.1, 0.15) is 11.4 Å². The molecule has 0 aliphatic carbocycles. The third-order valence-electron chi connectivity index (χ3n) is 5.73. The number of amidine groups is 1. The third kappa shape index (κ3) is 4.49. The summed E-state index contributed by atoms with van der Waals surface area (Å²) in [5.74, 6) is 1.70. The lowest BCUT2D eigenvalue weighted by atomic mass is 9.90. The summed E-state index contributed by atoms with van der Waals surface area (Å²) < 4.78 is 0. The first kappa shape index (κ1) is 19.8. The lowest BCUT2D eigenvalue weighted by Gasteiger charge is -2.42. The van der Waals surface area contributed by atoms with Crippen LogP contribution in [0.2, 0.25) is 0 Å². The van der Waals surface area contributed by atoms with Gasteiger partial charge in [0.2, 0.25) is 5.91 Å². The SMILES string of the molecule is CC1=CC2=NC(=O)CC(C)(C(=O)NCCCN3CC(C)CC(C)C3)N2C=C1. The molecular weight excluding hydrogens is 340 g/mol. The zero-order chi connectivity index (χ0) is 19.6. The largest absolute Gasteiger partial charge is 0.354 e. The van der Waals surface area contributed by atoms with Crippen LogP contribution >= 0.6 is 0 Å². The normalized spacial score (nSPS) is 31.3. The van der Waals surface area contributed by atoms with Crippen molar-refractivity contribution in [1.29, 1.82) is 0 Å². The molecule has 0 spiro atoms. The fourth-order valence-corrected chi connectivity index (χ4v) is 4.50. The quantitative estimate of drug-likeness (QED) is 0.753. The summed E-state index contributed by atoms with van der Waals surface area (Å²) in [7, 11) is 0. The number of nitrogens with one attached hydrogen (secondary N) is 1. The zero-order valence-electron chi connectivity index (χ0n) is 17.0. The molecule has 148 valence electrons. The molecular formula is C21H32N4O2. The van der Waals surface area contributed by atoms with Crippen molar-refractivity contribution in [3.8, 4) is 0 Å². The van der Waals surface area contributed by atoms with E-state index in [-0.39, 0.29) is 18.2 Å². The highest BCUT2D eigenvalue weighted by Gasteiger charge is 2.45. The van der Waals surface area contributed by atoms with Crippen molar-refractivity contribution < 1.29 is 9.59 Å². The average molecular weight is 373 g/mol. The van der Waals surface area contributed by atoms with E-state index in [9.17, 15) is 9.59 Å². The van der Waals surface area contributed by atoms with Gasteiger partial charge in [-0.15, -0.1) is 0 Å². The van der Waals surface area contributed by atoms with Crippen LogP contribution in [0.3, 0.4) is 0 Å². The van der Waals surface area contributed by atoms with Crippen LogP contribution in [0, 0.1) is 11.8 Å². The van der Waals surface area contributed by atoms with Gasteiger partial charge >= 0.3 is 0 Å². The third-order valence-corrected chi connectivity index (χ3v) is 5.73. The van der Waals surface area contributed by atoms with Crippen molar-refractivity contribution in [2.75, 3.05) is 26.2 Å². The number of fused-ring (bicyclic) bond motifs is 1. The minimum Gasteiger partial charge on any atom is -0.354 e. The monoisotopic (exact) mass is 372 g/mol. The van der Waals surface area contributed by atoms with Crippen LogP contribution in [0.5, 0.6) is 0 Å². The molecule has 0 saturated carbocycles. The van der Waals surface area contributed by atoms with E-state index < -0.39 is 5.54 Å². The Morgan fingerprint density at radius 3 is 2.74 bits per heavy atom. The molecule has 0 aromatic carbocycles. The Morgan fingerprint density at radius 2 is 2.04 bits per heavy atom. The highest BCUT2D eigenvalue weighted by atomic mass is 16.2. The molecule has 1 fully saturated rings. The van der Waals surface area contributed by atoms with Crippen molar-refractivity contribution >= 4 is 17.6 Å². The first-order valence-corrected chi connectivity index (χ1v) is 10.1. The molecule has 1 saturated heterocycles. The summed E-state index contributed by atoms with van der Waals surface area (Å²) in [6.07, 6.45) is 7.98. The summed E-state index contributed by atoms with van der Waals surface area (Å²) in [4.78, 5) is 33.4. The molecule has 0 aromatic rings. The highest BCUT2D eigenvalue weighted by molar-refractivity contribution is 6.09. The zero-order valence-corrected chi connectivity index (χ0v) is 17.0. The summed E-state index contributed by atoms with van der Waals surface area (Å²) >= 11 is 0. The molecule has 2 amide bonds. The Bertz CT molecular complexity index is 686. The van der Waals surface area contributed by atoms with Gasteiger partial charge in [-0.25, -0.2) is 0 Å². The first-order chi connectivity index (χ1) is 12.8. The van der Waals surface area contributed by atoms with Gasteiger partial charge in [-0.3, -0.25) is 9.59 Å². The summed E-state index contributed by atoms with van der Waals surface area (Å²) in [6, 6.07) is 0. The first-order valence-electron chi connectivity index (χ1n) is 10.1. The molecule has 3 aliphatic heterocycles. The number of piperidine rings is 1. The van der Waals surface area contributed by atoms with Crippen molar-refractivity contribution in [3.05, 3.63) is 23.9 Å². The minimum atomic E-state index is -0.921. The van der Waals surface area contributed by atoms with E-state index in [4.69, 9.17) is 0 Å². The number of nitrogens with zero attached hydrogens (tertiary/aromatic N) is 3. The van der Waals surface area contributed by atoms with Gasteiger partial charge in [0.25, 0.3) is 5.91 Å². The maximum Gasteiger partial charge on any atom is 0.250 e. The van der Waals surface area contributed by atoms with Crippen LogP contribution in [0.15, 0.2) is 28.9 Å². The van der Waals surface area contributed by atoms with Crippen molar-refractivity contribution in [2.45, 2.75) is 52.5 Å². The number of amides is 2. The van der Waals surface area contributed by atoms with Gasteiger partial charge in [-0.1, -0.05) is 13.8 Å². The number of hydrogen-bond acceptors (Lipinski definition) is 4. The maximum absolute atomic E-state index is 12.9. The number of hydrogen-bond donors (Lipinski definition) is 1. The van der Waals surface area contributed by atoms with E-state index in [1.165, 1.54) is 6.42 Å². The molecule has 6 nitrogen and oxygen atoms in total. The molecule has 27 heavy (non-hydrogen) atoms. The van der Waals surface area contributed by atoms with E-state index in [1.807, 2.05) is 37.1 Å². The van der Waals surface area contributed by atoms with Crippen LogP contribution in [0.25, 0.3) is 0 Å². The summed E-state index contributed by atoms with van der Waals surface area (Å²) in [5, 5.41) is 3.05. The molecule has 1 N–H and O–H groups in total. The average Bonchev–Trinajstić information content (AvgIpc) is 2.57. The van der Waals surface area contributed by atoms with Crippen LogP contribution in [-0.4, -0.2) is 59.2 Å². The van der Waals surface area contributed by atoms with Gasteiger partial charge in [-0.2, -0.15) is 4.99 Å². The van der Waals surface area contributed by atoms with E-state index in [1.54, 1.807) is 0 Å². The number of aliphatic imine (C=N–C) groups is 1. The Hall–Kier alpha value is -1.95. The second-order valence-corrected chi connectivity index (χ2v) is 8.70. The molecule has 3 heterocycles. The molecule has 0 bridgehead atoms. The van der Waals surface area contributed by atoms with Crippen LogP contribution in [0.4, 0.5) is 0 Å². The summed E-state index contributed by atoms with van der Waals surface area (Å²) in [6.45, 7) is 12.3. The minimum absolute atomic E-state index is 0.0979. The standard InChI is InChI=1S/C21H32N4O2/c1-15-6-9-25-18(11-15)23-19(26)12-21(25,4)20(27)22-7-5-8-24-13-16(2)10-17(3)14-24/h6,9,11,16-17H,5,7-8,10,12-14H2,1-4H3,(H,22,27). The molecule has 6 heteroatoms. The highest BCUT2D eigenvalue weighted by Crippen LogP contribution is 2.29. The predicted octanol–water partition coefficient (Wildman–Crippen LogP) is 2.33. The van der Waals surface area contributed by atoms with Crippen molar-refractivity contribution in [1.82, 2.24) is 15.1 Å². The van der Waals surface area contributed by atoms with Crippen molar-refractivity contribution in [2.24, 2.45) is 16.8 Å². The molecule has 3 rings (SSSR count). The molecule has 3 atom stereocenters.